The van der Waals surface area contributed by atoms with Crippen LogP contribution in [0.5, 0.6) is 0 Å². The number of rotatable bonds is 7. The molecule has 0 fully saturated rings. The Balaban J connectivity index is 1.63. The van der Waals surface area contributed by atoms with E-state index in [1.165, 1.54) is 0 Å². The Labute approximate surface area is 147 Å². The van der Waals surface area contributed by atoms with Crippen molar-refractivity contribution in [2.24, 2.45) is 5.92 Å². The average Bonchev–Trinajstić information content (AvgIpc) is 3.19. The number of aryl methyl sites for hydroxylation is 2. The molecule has 0 radical (unpaired) electrons. The number of amides is 1. The third kappa shape index (κ3) is 4.04. The van der Waals surface area contributed by atoms with E-state index in [2.05, 4.69) is 34.6 Å². The molecule has 2 aromatic heterocycles. The Morgan fingerprint density at radius 3 is 2.72 bits per heavy atom. The van der Waals surface area contributed by atoms with Gasteiger partial charge in [0.25, 0.3) is 0 Å². The Bertz CT molecular complexity index is 850. The molecule has 25 heavy (non-hydrogen) atoms. The number of carbonyl (C=O) groups is 1. The van der Waals surface area contributed by atoms with E-state index >= 15 is 0 Å². The Kier molecular flexibility index (Phi) is 5.11. The van der Waals surface area contributed by atoms with Crippen LogP contribution in [0, 0.1) is 12.8 Å². The summed E-state index contributed by atoms with van der Waals surface area (Å²) in [7, 11) is 0. The molecule has 1 aromatic carbocycles. The number of nitrogens with one attached hydrogen (secondary N) is 1. The van der Waals surface area contributed by atoms with Gasteiger partial charge in [-0.05, 0) is 31.0 Å². The molecule has 1 N–H and O–H groups in total. The first-order valence-corrected chi connectivity index (χ1v) is 8.60. The summed E-state index contributed by atoms with van der Waals surface area (Å²) in [5.41, 5.74) is 2.90. The summed E-state index contributed by atoms with van der Waals surface area (Å²) in [6.45, 7) is 7.37. The fourth-order valence-electron chi connectivity index (χ4n) is 2.78. The van der Waals surface area contributed by atoms with Gasteiger partial charge in [0.05, 0.1) is 18.1 Å². The average molecular weight is 340 g/mol. The number of nitrogens with zero attached hydrogens (tertiary/aromatic N) is 5. The molecule has 0 aliphatic carbocycles. The minimum atomic E-state index is -0.00340. The van der Waals surface area contributed by atoms with Crippen LogP contribution in [0.4, 0.5) is 0 Å². The van der Waals surface area contributed by atoms with Crippen molar-refractivity contribution in [3.8, 4) is 0 Å². The quantitative estimate of drug-likeness (QED) is 0.715. The Morgan fingerprint density at radius 2 is 2.00 bits per heavy atom. The standard InChI is InChI=1S/C18H24N6O/c1-13(2)16(12-24-17-7-5-4-6-15(17)21-22-24)20-18(25)9-11-23-14(3)8-10-19-23/h4-8,10,13,16H,9,11-12H2,1-3H3,(H,20,25)/t16-/m1/s1. The molecular formula is C18H24N6O. The van der Waals surface area contributed by atoms with E-state index in [1.807, 2.05) is 46.6 Å². The van der Waals surface area contributed by atoms with E-state index in [4.69, 9.17) is 0 Å². The molecule has 3 aromatic rings. The Hall–Kier alpha value is -2.70. The molecule has 0 unspecified atom stereocenters. The maximum absolute atomic E-state index is 12.4. The SMILES string of the molecule is Cc1ccnn1CCC(=O)N[C@H](Cn1nnc2ccccc21)C(C)C. The summed E-state index contributed by atoms with van der Waals surface area (Å²) in [4.78, 5) is 12.4. The van der Waals surface area contributed by atoms with Gasteiger partial charge >= 0.3 is 0 Å². The van der Waals surface area contributed by atoms with Crippen LogP contribution in [0.25, 0.3) is 11.0 Å². The molecule has 0 aliphatic rings. The van der Waals surface area contributed by atoms with Gasteiger partial charge in [-0.15, -0.1) is 5.10 Å². The molecule has 0 bridgehead atoms. The second kappa shape index (κ2) is 7.46. The summed E-state index contributed by atoms with van der Waals surface area (Å²) in [5.74, 6) is 0.316. The van der Waals surface area contributed by atoms with Crippen molar-refractivity contribution < 1.29 is 4.79 Å². The first-order valence-electron chi connectivity index (χ1n) is 8.60. The van der Waals surface area contributed by atoms with Crippen LogP contribution < -0.4 is 5.32 Å². The molecule has 1 amide bonds. The maximum atomic E-state index is 12.4. The zero-order valence-electron chi connectivity index (χ0n) is 14.9. The van der Waals surface area contributed by atoms with Gasteiger partial charge < -0.3 is 5.32 Å². The molecule has 2 heterocycles. The van der Waals surface area contributed by atoms with E-state index in [0.29, 0.717) is 25.4 Å². The van der Waals surface area contributed by atoms with Crippen molar-refractivity contribution in [1.82, 2.24) is 30.1 Å². The molecule has 7 nitrogen and oxygen atoms in total. The van der Waals surface area contributed by atoms with E-state index < -0.39 is 0 Å². The van der Waals surface area contributed by atoms with Gasteiger partial charge in [-0.1, -0.05) is 31.2 Å². The van der Waals surface area contributed by atoms with Crippen LogP contribution in [0.1, 0.15) is 26.0 Å². The number of benzene rings is 1. The van der Waals surface area contributed by atoms with Gasteiger partial charge in [0.15, 0.2) is 0 Å². The van der Waals surface area contributed by atoms with Crippen LogP contribution in [0.15, 0.2) is 36.5 Å². The molecular weight excluding hydrogens is 316 g/mol. The van der Waals surface area contributed by atoms with Crippen molar-refractivity contribution in [1.29, 1.82) is 0 Å². The summed E-state index contributed by atoms with van der Waals surface area (Å²) < 4.78 is 3.70. The minimum absolute atomic E-state index is 0.00340. The summed E-state index contributed by atoms with van der Waals surface area (Å²) in [5, 5.41) is 15.7. The highest BCUT2D eigenvalue weighted by molar-refractivity contribution is 5.76. The second-order valence-electron chi connectivity index (χ2n) is 6.62. The van der Waals surface area contributed by atoms with Crippen LogP contribution in [-0.2, 0) is 17.9 Å². The molecule has 0 spiro atoms. The second-order valence-corrected chi connectivity index (χ2v) is 6.62. The fraction of sp³-hybridized carbons (Fsp3) is 0.444. The van der Waals surface area contributed by atoms with Gasteiger partial charge in [0.2, 0.25) is 5.91 Å². The van der Waals surface area contributed by atoms with Crippen molar-refractivity contribution in [3.05, 3.63) is 42.2 Å². The summed E-state index contributed by atoms with van der Waals surface area (Å²) >= 11 is 0. The first-order chi connectivity index (χ1) is 12.0. The lowest BCUT2D eigenvalue weighted by Gasteiger charge is -2.22. The number of fused-ring (bicyclic) bond motifs is 1. The lowest BCUT2D eigenvalue weighted by atomic mass is 10.0. The molecule has 0 aliphatic heterocycles. The third-order valence-electron chi connectivity index (χ3n) is 4.42. The van der Waals surface area contributed by atoms with E-state index in [-0.39, 0.29) is 11.9 Å². The number of aromatic nitrogens is 5. The first kappa shape index (κ1) is 17.1. The predicted octanol–water partition coefficient (Wildman–Crippen LogP) is 2.17. The van der Waals surface area contributed by atoms with Gasteiger partial charge in [0.1, 0.15) is 5.52 Å². The van der Waals surface area contributed by atoms with Crippen molar-refractivity contribution >= 4 is 16.9 Å². The van der Waals surface area contributed by atoms with Crippen molar-refractivity contribution in [2.45, 2.75) is 46.3 Å². The lowest BCUT2D eigenvalue weighted by molar-refractivity contribution is -0.122. The topological polar surface area (TPSA) is 77.6 Å². The van der Waals surface area contributed by atoms with Crippen molar-refractivity contribution in [3.63, 3.8) is 0 Å². The summed E-state index contributed by atoms with van der Waals surface area (Å²) in [6, 6.07) is 9.78. The van der Waals surface area contributed by atoms with Gasteiger partial charge in [-0.25, -0.2) is 4.68 Å². The monoisotopic (exact) mass is 340 g/mol. The smallest absolute Gasteiger partial charge is 0.222 e. The van der Waals surface area contributed by atoms with Gasteiger partial charge in [0, 0.05) is 24.9 Å². The van der Waals surface area contributed by atoms with Crippen LogP contribution in [0.2, 0.25) is 0 Å². The molecule has 1 atom stereocenters. The highest BCUT2D eigenvalue weighted by Crippen LogP contribution is 2.13. The fourth-order valence-corrected chi connectivity index (χ4v) is 2.78. The maximum Gasteiger partial charge on any atom is 0.222 e. The third-order valence-corrected chi connectivity index (χ3v) is 4.42. The van der Waals surface area contributed by atoms with Crippen LogP contribution in [-0.4, -0.2) is 36.7 Å². The molecule has 0 saturated carbocycles. The predicted molar refractivity (Wildman–Crippen MR) is 95.9 cm³/mol. The highest BCUT2D eigenvalue weighted by Gasteiger charge is 2.18. The summed E-state index contributed by atoms with van der Waals surface area (Å²) in [6.07, 6.45) is 2.16. The van der Waals surface area contributed by atoms with E-state index in [0.717, 1.165) is 16.7 Å². The van der Waals surface area contributed by atoms with Gasteiger partial charge in [-0.3, -0.25) is 9.48 Å². The minimum Gasteiger partial charge on any atom is -0.351 e. The van der Waals surface area contributed by atoms with Gasteiger partial charge in [-0.2, -0.15) is 5.10 Å². The Morgan fingerprint density at radius 1 is 1.20 bits per heavy atom. The molecule has 7 heteroatoms. The number of para-hydroxylation sites is 1. The zero-order chi connectivity index (χ0) is 17.8. The molecule has 132 valence electrons. The van der Waals surface area contributed by atoms with E-state index in [1.54, 1.807) is 6.20 Å². The number of carbonyl (C=O) groups excluding carboxylic acids is 1. The lowest BCUT2D eigenvalue weighted by Crippen LogP contribution is -2.42. The van der Waals surface area contributed by atoms with E-state index in [9.17, 15) is 4.79 Å². The van der Waals surface area contributed by atoms with Crippen LogP contribution >= 0.6 is 0 Å². The molecule has 0 saturated heterocycles. The number of hydrogen-bond donors (Lipinski definition) is 1. The number of hydrogen-bond acceptors (Lipinski definition) is 4. The normalized spacial score (nSPS) is 12.6. The zero-order valence-corrected chi connectivity index (χ0v) is 14.9. The highest BCUT2D eigenvalue weighted by atomic mass is 16.1. The van der Waals surface area contributed by atoms with Crippen molar-refractivity contribution in [2.75, 3.05) is 0 Å². The van der Waals surface area contributed by atoms with Crippen LogP contribution in [0.3, 0.4) is 0 Å². The molecule has 3 rings (SSSR count). The largest absolute Gasteiger partial charge is 0.351 e.